The Morgan fingerprint density at radius 2 is 2.05 bits per heavy atom. The molecule has 0 aliphatic carbocycles. The van der Waals surface area contributed by atoms with Crippen LogP contribution in [0.2, 0.25) is 0 Å². The predicted octanol–water partition coefficient (Wildman–Crippen LogP) is 2.53. The summed E-state index contributed by atoms with van der Waals surface area (Å²) in [4.78, 5) is 2.26. The first-order chi connectivity index (χ1) is 9.19. The number of nitrogen functional groups attached to an aromatic ring is 1. The second kappa shape index (κ2) is 6.66. The molecule has 0 bridgehead atoms. The van der Waals surface area contributed by atoms with E-state index >= 15 is 0 Å². The smallest absolute Gasteiger partial charge is 0.123 e. The SMILES string of the molecule is CCOc1cc(N)cc(N(C)CC2CCOCC2)c1. The predicted molar refractivity (Wildman–Crippen MR) is 78.8 cm³/mol. The Hall–Kier alpha value is -1.42. The number of hydrogen-bond donors (Lipinski definition) is 1. The van der Waals surface area contributed by atoms with E-state index in [0.29, 0.717) is 12.5 Å². The monoisotopic (exact) mass is 264 g/mol. The third-order valence-electron chi connectivity index (χ3n) is 3.54. The van der Waals surface area contributed by atoms with E-state index in [4.69, 9.17) is 15.2 Å². The molecular formula is C15H24N2O2. The van der Waals surface area contributed by atoms with Crippen LogP contribution in [0.15, 0.2) is 18.2 Å². The molecule has 2 rings (SSSR count). The zero-order valence-corrected chi connectivity index (χ0v) is 11.9. The van der Waals surface area contributed by atoms with Gasteiger partial charge in [0.05, 0.1) is 6.61 Å². The Balaban J connectivity index is 2.02. The van der Waals surface area contributed by atoms with Crippen molar-refractivity contribution in [2.45, 2.75) is 19.8 Å². The van der Waals surface area contributed by atoms with Crippen LogP contribution in [0.4, 0.5) is 11.4 Å². The highest BCUT2D eigenvalue weighted by Crippen LogP contribution is 2.26. The van der Waals surface area contributed by atoms with Crippen molar-refractivity contribution in [1.82, 2.24) is 0 Å². The van der Waals surface area contributed by atoms with Crippen molar-refractivity contribution in [3.05, 3.63) is 18.2 Å². The Kier molecular flexibility index (Phi) is 4.91. The zero-order valence-electron chi connectivity index (χ0n) is 11.9. The molecule has 0 radical (unpaired) electrons. The van der Waals surface area contributed by atoms with Crippen LogP contribution in [0.1, 0.15) is 19.8 Å². The van der Waals surface area contributed by atoms with Gasteiger partial charge in [0.15, 0.2) is 0 Å². The van der Waals surface area contributed by atoms with Gasteiger partial charge in [-0.05, 0) is 31.7 Å². The minimum Gasteiger partial charge on any atom is -0.494 e. The van der Waals surface area contributed by atoms with Crippen molar-refractivity contribution in [2.24, 2.45) is 5.92 Å². The molecule has 0 amide bonds. The number of nitrogens with zero attached hydrogens (tertiary/aromatic N) is 1. The second-order valence-electron chi connectivity index (χ2n) is 5.13. The topological polar surface area (TPSA) is 47.7 Å². The van der Waals surface area contributed by atoms with Crippen LogP contribution in [0, 0.1) is 5.92 Å². The van der Waals surface area contributed by atoms with E-state index in [2.05, 4.69) is 18.0 Å². The maximum Gasteiger partial charge on any atom is 0.123 e. The number of rotatable bonds is 5. The van der Waals surface area contributed by atoms with Crippen LogP contribution in [0.25, 0.3) is 0 Å². The van der Waals surface area contributed by atoms with Gasteiger partial charge in [0.2, 0.25) is 0 Å². The maximum atomic E-state index is 5.93. The first kappa shape index (κ1) is 14.0. The standard InChI is InChI=1S/C15H24N2O2/c1-3-19-15-9-13(16)8-14(10-15)17(2)11-12-4-6-18-7-5-12/h8-10,12H,3-7,11,16H2,1-2H3. The summed E-state index contributed by atoms with van der Waals surface area (Å²) in [6.45, 7) is 5.46. The van der Waals surface area contributed by atoms with Crippen LogP contribution in [-0.4, -0.2) is 33.4 Å². The minimum atomic E-state index is 0.659. The van der Waals surface area contributed by atoms with Crippen molar-refractivity contribution < 1.29 is 9.47 Å². The molecule has 4 heteroatoms. The molecule has 106 valence electrons. The van der Waals surface area contributed by atoms with Crippen molar-refractivity contribution in [3.8, 4) is 5.75 Å². The van der Waals surface area contributed by atoms with Crippen molar-refractivity contribution >= 4 is 11.4 Å². The Bertz CT molecular complexity index is 403. The lowest BCUT2D eigenvalue weighted by molar-refractivity contribution is 0.0685. The lowest BCUT2D eigenvalue weighted by atomic mass is 9.99. The fraction of sp³-hybridized carbons (Fsp3) is 0.600. The number of nitrogens with two attached hydrogens (primary N) is 1. The van der Waals surface area contributed by atoms with Crippen LogP contribution < -0.4 is 15.4 Å². The van der Waals surface area contributed by atoms with E-state index < -0.39 is 0 Å². The van der Waals surface area contributed by atoms with Gasteiger partial charge in [0.1, 0.15) is 5.75 Å². The summed E-state index contributed by atoms with van der Waals surface area (Å²) in [6.07, 6.45) is 2.29. The molecule has 0 saturated carbocycles. The third-order valence-corrected chi connectivity index (χ3v) is 3.54. The summed E-state index contributed by atoms with van der Waals surface area (Å²) in [6, 6.07) is 5.93. The number of hydrogen-bond acceptors (Lipinski definition) is 4. The van der Waals surface area contributed by atoms with Crippen LogP contribution in [0.5, 0.6) is 5.75 Å². The molecule has 1 fully saturated rings. The minimum absolute atomic E-state index is 0.659. The maximum absolute atomic E-state index is 5.93. The molecule has 19 heavy (non-hydrogen) atoms. The van der Waals surface area contributed by atoms with Gasteiger partial charge in [0.25, 0.3) is 0 Å². The van der Waals surface area contributed by atoms with Crippen LogP contribution >= 0.6 is 0 Å². The first-order valence-corrected chi connectivity index (χ1v) is 7.01. The fourth-order valence-electron chi connectivity index (χ4n) is 2.50. The first-order valence-electron chi connectivity index (χ1n) is 7.01. The number of ether oxygens (including phenoxy) is 2. The van der Waals surface area contributed by atoms with E-state index in [9.17, 15) is 0 Å². The summed E-state index contributed by atoms with van der Waals surface area (Å²) in [5.74, 6) is 1.55. The third kappa shape index (κ3) is 4.03. The lowest BCUT2D eigenvalue weighted by Crippen LogP contribution is -2.29. The Labute approximate surface area is 115 Å². The summed E-state index contributed by atoms with van der Waals surface area (Å²) >= 11 is 0. The molecular weight excluding hydrogens is 240 g/mol. The summed E-state index contributed by atoms with van der Waals surface area (Å²) in [5, 5.41) is 0. The van der Waals surface area contributed by atoms with Crippen LogP contribution in [0.3, 0.4) is 0 Å². The molecule has 0 atom stereocenters. The molecule has 4 nitrogen and oxygen atoms in total. The lowest BCUT2D eigenvalue weighted by Gasteiger charge is -2.28. The average molecular weight is 264 g/mol. The van der Waals surface area contributed by atoms with Gasteiger partial charge in [-0.1, -0.05) is 0 Å². The Morgan fingerprint density at radius 3 is 2.74 bits per heavy atom. The number of benzene rings is 1. The quantitative estimate of drug-likeness (QED) is 0.830. The van der Waals surface area contributed by atoms with Crippen molar-refractivity contribution in [2.75, 3.05) is 44.0 Å². The van der Waals surface area contributed by atoms with Crippen molar-refractivity contribution in [3.63, 3.8) is 0 Å². The second-order valence-corrected chi connectivity index (χ2v) is 5.13. The van der Waals surface area contributed by atoms with E-state index in [1.165, 1.54) is 0 Å². The molecule has 1 aliphatic rings. The van der Waals surface area contributed by atoms with Gasteiger partial charge in [-0.2, -0.15) is 0 Å². The molecule has 1 heterocycles. The van der Waals surface area contributed by atoms with Gasteiger partial charge in [0, 0.05) is 50.3 Å². The normalized spacial score (nSPS) is 16.3. The van der Waals surface area contributed by atoms with Crippen LogP contribution in [-0.2, 0) is 4.74 Å². The molecule has 1 saturated heterocycles. The van der Waals surface area contributed by atoms with E-state index in [-0.39, 0.29) is 0 Å². The zero-order chi connectivity index (χ0) is 13.7. The average Bonchev–Trinajstić information content (AvgIpc) is 2.39. The van der Waals surface area contributed by atoms with E-state index in [1.807, 2.05) is 19.1 Å². The van der Waals surface area contributed by atoms with Gasteiger partial charge in [-0.3, -0.25) is 0 Å². The Morgan fingerprint density at radius 1 is 1.32 bits per heavy atom. The summed E-state index contributed by atoms with van der Waals surface area (Å²) in [7, 11) is 2.11. The summed E-state index contributed by atoms with van der Waals surface area (Å²) < 4.78 is 10.9. The molecule has 1 aromatic rings. The highest BCUT2D eigenvalue weighted by molar-refractivity contribution is 5.60. The largest absolute Gasteiger partial charge is 0.494 e. The highest BCUT2D eigenvalue weighted by atomic mass is 16.5. The molecule has 1 aromatic carbocycles. The van der Waals surface area contributed by atoms with Gasteiger partial charge >= 0.3 is 0 Å². The molecule has 1 aliphatic heterocycles. The number of anilines is 2. The molecule has 0 unspecified atom stereocenters. The van der Waals surface area contributed by atoms with Crippen molar-refractivity contribution in [1.29, 1.82) is 0 Å². The van der Waals surface area contributed by atoms with Gasteiger partial charge in [-0.25, -0.2) is 0 Å². The highest BCUT2D eigenvalue weighted by Gasteiger charge is 2.16. The van der Waals surface area contributed by atoms with E-state index in [1.54, 1.807) is 0 Å². The molecule has 0 spiro atoms. The van der Waals surface area contributed by atoms with Gasteiger partial charge in [-0.15, -0.1) is 0 Å². The molecule has 2 N–H and O–H groups in total. The fourth-order valence-corrected chi connectivity index (χ4v) is 2.50. The van der Waals surface area contributed by atoms with E-state index in [0.717, 1.165) is 49.7 Å². The summed E-state index contributed by atoms with van der Waals surface area (Å²) in [5.41, 5.74) is 7.80. The van der Waals surface area contributed by atoms with Gasteiger partial charge < -0.3 is 20.1 Å². The molecule has 0 aromatic heterocycles.